The summed E-state index contributed by atoms with van der Waals surface area (Å²) >= 11 is 7.36. The highest BCUT2D eigenvalue weighted by atomic mass is 35.5. The number of hydrogen-bond donors (Lipinski definition) is 0. The van der Waals surface area contributed by atoms with Crippen molar-refractivity contribution in [3.8, 4) is 22.8 Å². The highest BCUT2D eigenvalue weighted by Crippen LogP contribution is 2.33. The molecule has 0 atom stereocenters. The second-order valence-corrected chi connectivity index (χ2v) is 6.52. The molecule has 0 aliphatic carbocycles. The van der Waals surface area contributed by atoms with Gasteiger partial charge in [-0.15, -0.1) is 11.6 Å². The van der Waals surface area contributed by atoms with E-state index in [9.17, 15) is 0 Å². The van der Waals surface area contributed by atoms with Crippen LogP contribution >= 0.6 is 23.4 Å². The third-order valence-electron chi connectivity index (χ3n) is 3.42. The van der Waals surface area contributed by atoms with Gasteiger partial charge in [0, 0.05) is 24.0 Å². The van der Waals surface area contributed by atoms with Gasteiger partial charge in [0.1, 0.15) is 12.3 Å². The molecule has 0 saturated heterocycles. The number of halogens is 1. The number of aromatic nitrogens is 3. The molecule has 0 bridgehead atoms. The molecule has 3 rings (SSSR count). The van der Waals surface area contributed by atoms with Crippen LogP contribution in [-0.4, -0.2) is 39.7 Å². The molecule has 0 saturated carbocycles. The molecule has 0 unspecified atom stereocenters. The van der Waals surface area contributed by atoms with Gasteiger partial charge in [-0.3, -0.25) is 4.40 Å². The predicted octanol–water partition coefficient (Wildman–Crippen LogP) is 4.13. The maximum atomic E-state index is 5.68. The van der Waals surface area contributed by atoms with Crippen LogP contribution in [0.2, 0.25) is 0 Å². The van der Waals surface area contributed by atoms with E-state index in [2.05, 4.69) is 11.9 Å². The lowest BCUT2D eigenvalue weighted by molar-refractivity contribution is 0.313. The van der Waals surface area contributed by atoms with Crippen molar-refractivity contribution in [2.24, 2.45) is 0 Å². The Morgan fingerprint density at radius 1 is 1.25 bits per heavy atom. The Hall–Kier alpha value is -1.92. The largest absolute Gasteiger partial charge is 0.493 e. The van der Waals surface area contributed by atoms with E-state index in [-0.39, 0.29) is 0 Å². The Kier molecular flexibility index (Phi) is 5.48. The zero-order valence-electron chi connectivity index (χ0n) is 13.5. The zero-order valence-corrected chi connectivity index (χ0v) is 15.1. The van der Waals surface area contributed by atoms with Crippen molar-refractivity contribution in [2.45, 2.75) is 12.1 Å². The van der Waals surface area contributed by atoms with Crippen molar-refractivity contribution < 1.29 is 9.47 Å². The number of benzene rings is 1. The minimum absolute atomic E-state index is 0.431. The average Bonchev–Trinajstić information content (AvgIpc) is 3.09. The van der Waals surface area contributed by atoms with E-state index < -0.39 is 0 Å². The summed E-state index contributed by atoms with van der Waals surface area (Å²) in [4.78, 5) is 9.16. The van der Waals surface area contributed by atoms with E-state index in [4.69, 9.17) is 26.1 Å². The lowest BCUT2D eigenvalue weighted by atomic mass is 10.1. The monoisotopic (exact) mass is 363 g/mol. The maximum Gasteiger partial charge on any atom is 0.174 e. The van der Waals surface area contributed by atoms with E-state index >= 15 is 0 Å². The summed E-state index contributed by atoms with van der Waals surface area (Å²) in [7, 11) is 1.62. The van der Waals surface area contributed by atoms with Gasteiger partial charge < -0.3 is 9.47 Å². The van der Waals surface area contributed by atoms with Crippen LogP contribution in [0.4, 0.5) is 0 Å². The Labute approximate surface area is 150 Å². The topological polar surface area (TPSA) is 48.7 Å². The first-order valence-corrected chi connectivity index (χ1v) is 9.13. The number of alkyl halides is 1. The van der Waals surface area contributed by atoms with Gasteiger partial charge in [0.15, 0.2) is 16.7 Å². The lowest BCUT2D eigenvalue weighted by Gasteiger charge is -2.12. The van der Waals surface area contributed by atoms with Crippen LogP contribution in [0.25, 0.3) is 16.9 Å². The fourth-order valence-corrected chi connectivity index (χ4v) is 3.16. The summed E-state index contributed by atoms with van der Waals surface area (Å²) < 4.78 is 13.0. The number of imidazole rings is 1. The van der Waals surface area contributed by atoms with Crippen LogP contribution in [0.1, 0.15) is 6.92 Å². The molecule has 1 aromatic carbocycles. The van der Waals surface area contributed by atoms with Gasteiger partial charge in [-0.2, -0.15) is 0 Å². The van der Waals surface area contributed by atoms with Crippen LogP contribution in [0.3, 0.4) is 0 Å². The number of rotatable bonds is 7. The minimum atomic E-state index is 0.431. The summed E-state index contributed by atoms with van der Waals surface area (Å²) in [5, 5.41) is 0.920. The summed E-state index contributed by atoms with van der Waals surface area (Å²) in [6.07, 6.45) is 3.71. The fourth-order valence-electron chi connectivity index (χ4n) is 2.37. The maximum absolute atomic E-state index is 5.68. The van der Waals surface area contributed by atoms with Crippen LogP contribution in [-0.2, 0) is 0 Å². The molecule has 0 aliphatic rings. The first-order valence-electron chi connectivity index (χ1n) is 7.61. The Morgan fingerprint density at radius 2 is 2.12 bits per heavy atom. The van der Waals surface area contributed by atoms with Gasteiger partial charge in [0.2, 0.25) is 0 Å². The number of ether oxygens (including phenoxy) is 2. The van der Waals surface area contributed by atoms with Crippen molar-refractivity contribution in [1.82, 2.24) is 14.4 Å². The molecule has 0 fully saturated rings. The normalized spacial score (nSPS) is 11.0. The number of thioether (sulfide) groups is 1. The minimum Gasteiger partial charge on any atom is -0.493 e. The van der Waals surface area contributed by atoms with E-state index in [1.807, 2.05) is 34.9 Å². The first kappa shape index (κ1) is 16.9. The molecule has 126 valence electrons. The Balaban J connectivity index is 2.03. The molecule has 0 aliphatic heterocycles. The smallest absolute Gasteiger partial charge is 0.174 e. The standard InChI is InChI=1S/C17H18ClN3O2S/c1-3-24-17-20-13(11-16-19-7-8-21(16)17)12-4-5-14(23-9-6-18)15(10-12)22-2/h4-5,7-8,10-11H,3,6,9H2,1-2H3. The second-order valence-electron chi connectivity index (χ2n) is 4.92. The van der Waals surface area contributed by atoms with Gasteiger partial charge in [0.25, 0.3) is 0 Å². The molecule has 24 heavy (non-hydrogen) atoms. The zero-order chi connectivity index (χ0) is 16.9. The van der Waals surface area contributed by atoms with Crippen molar-refractivity contribution in [3.05, 3.63) is 36.7 Å². The SMILES string of the molecule is CCSc1nc(-c2ccc(OCCCl)c(OC)c2)cc2nccn12. The van der Waals surface area contributed by atoms with Crippen LogP contribution < -0.4 is 9.47 Å². The van der Waals surface area contributed by atoms with Gasteiger partial charge in [0.05, 0.1) is 18.7 Å². The van der Waals surface area contributed by atoms with E-state index in [0.717, 1.165) is 27.8 Å². The number of hydrogen-bond acceptors (Lipinski definition) is 5. The quantitative estimate of drug-likeness (QED) is 0.359. The molecule has 2 heterocycles. The Morgan fingerprint density at radius 3 is 2.88 bits per heavy atom. The molecule has 3 aromatic rings. The molecule has 0 N–H and O–H groups in total. The summed E-state index contributed by atoms with van der Waals surface area (Å²) in [5.41, 5.74) is 2.68. The van der Waals surface area contributed by atoms with Gasteiger partial charge in [-0.25, -0.2) is 9.97 Å². The fraction of sp³-hybridized carbons (Fsp3) is 0.294. The van der Waals surface area contributed by atoms with E-state index in [1.165, 1.54) is 0 Å². The van der Waals surface area contributed by atoms with Crippen molar-refractivity contribution in [1.29, 1.82) is 0 Å². The molecule has 0 spiro atoms. The summed E-state index contributed by atoms with van der Waals surface area (Å²) in [6.45, 7) is 2.54. The molecular formula is C17H18ClN3O2S. The third-order valence-corrected chi connectivity index (χ3v) is 4.41. The highest BCUT2D eigenvalue weighted by Gasteiger charge is 2.11. The summed E-state index contributed by atoms with van der Waals surface area (Å²) in [5.74, 6) is 2.71. The molecule has 7 heteroatoms. The van der Waals surface area contributed by atoms with Gasteiger partial charge >= 0.3 is 0 Å². The van der Waals surface area contributed by atoms with Crippen LogP contribution in [0.15, 0.2) is 41.8 Å². The van der Waals surface area contributed by atoms with Gasteiger partial charge in [-0.05, 0) is 24.0 Å². The van der Waals surface area contributed by atoms with Crippen molar-refractivity contribution in [2.75, 3.05) is 25.3 Å². The first-order chi connectivity index (χ1) is 11.8. The third kappa shape index (κ3) is 3.44. The lowest BCUT2D eigenvalue weighted by Crippen LogP contribution is -2.01. The van der Waals surface area contributed by atoms with E-state index in [0.29, 0.717) is 24.0 Å². The van der Waals surface area contributed by atoms with E-state index in [1.54, 1.807) is 25.1 Å². The average molecular weight is 364 g/mol. The van der Waals surface area contributed by atoms with Crippen LogP contribution in [0, 0.1) is 0 Å². The molecule has 0 radical (unpaired) electrons. The molecule has 5 nitrogen and oxygen atoms in total. The van der Waals surface area contributed by atoms with Gasteiger partial charge in [-0.1, -0.05) is 18.7 Å². The molecular weight excluding hydrogens is 346 g/mol. The number of nitrogens with zero attached hydrogens (tertiary/aromatic N) is 3. The Bertz CT molecular complexity index is 838. The molecule has 2 aromatic heterocycles. The highest BCUT2D eigenvalue weighted by molar-refractivity contribution is 7.99. The predicted molar refractivity (Wildman–Crippen MR) is 97.6 cm³/mol. The van der Waals surface area contributed by atoms with Crippen molar-refractivity contribution in [3.63, 3.8) is 0 Å². The summed E-state index contributed by atoms with van der Waals surface area (Å²) in [6, 6.07) is 7.73. The second kappa shape index (κ2) is 7.77. The number of fused-ring (bicyclic) bond motifs is 1. The van der Waals surface area contributed by atoms with Crippen molar-refractivity contribution >= 4 is 29.0 Å². The van der Waals surface area contributed by atoms with Crippen LogP contribution in [0.5, 0.6) is 11.5 Å². The molecule has 0 amide bonds. The number of methoxy groups -OCH3 is 1.